The number of carbonyl (C=O) groups excluding carboxylic acids is 2. The summed E-state index contributed by atoms with van der Waals surface area (Å²) < 4.78 is 28.2. The van der Waals surface area contributed by atoms with E-state index < -0.39 is 9.84 Å². The van der Waals surface area contributed by atoms with Gasteiger partial charge >= 0.3 is 12.1 Å². The van der Waals surface area contributed by atoms with Crippen LogP contribution in [-0.2, 0) is 14.6 Å². The lowest BCUT2D eigenvalue weighted by Gasteiger charge is -2.38. The van der Waals surface area contributed by atoms with Crippen molar-refractivity contribution >= 4 is 22.0 Å². The Morgan fingerprint density at radius 3 is 2.22 bits per heavy atom. The molecule has 1 atom stereocenters. The van der Waals surface area contributed by atoms with E-state index in [1.165, 1.54) is 0 Å². The van der Waals surface area contributed by atoms with E-state index in [2.05, 4.69) is 0 Å². The van der Waals surface area contributed by atoms with Gasteiger partial charge < -0.3 is 19.4 Å². The van der Waals surface area contributed by atoms with Crippen LogP contribution in [0.4, 0.5) is 9.59 Å². The molecule has 0 aliphatic carbocycles. The fourth-order valence-corrected chi connectivity index (χ4v) is 4.78. The van der Waals surface area contributed by atoms with E-state index >= 15 is 0 Å². The largest absolute Gasteiger partial charge is 0.450 e. The lowest BCUT2D eigenvalue weighted by molar-refractivity contribution is 0.0762. The van der Waals surface area contributed by atoms with Crippen molar-refractivity contribution in [3.63, 3.8) is 0 Å². The Morgan fingerprint density at radius 1 is 1.13 bits per heavy atom. The third kappa shape index (κ3) is 4.27. The van der Waals surface area contributed by atoms with E-state index in [4.69, 9.17) is 4.74 Å². The van der Waals surface area contributed by atoms with Crippen molar-refractivity contribution in [2.24, 2.45) is 0 Å². The van der Waals surface area contributed by atoms with Crippen molar-refractivity contribution in [2.45, 2.75) is 26.3 Å². The van der Waals surface area contributed by atoms with Gasteiger partial charge in [0, 0.05) is 38.8 Å². The van der Waals surface area contributed by atoms with Crippen molar-refractivity contribution in [1.82, 2.24) is 14.7 Å². The van der Waals surface area contributed by atoms with Gasteiger partial charge in [0.1, 0.15) is 0 Å². The zero-order valence-corrected chi connectivity index (χ0v) is 14.5. The number of piperazine rings is 1. The Labute approximate surface area is 137 Å². The van der Waals surface area contributed by atoms with Gasteiger partial charge in [-0.25, -0.2) is 18.0 Å². The van der Waals surface area contributed by atoms with Crippen LogP contribution in [0.15, 0.2) is 0 Å². The molecule has 0 aromatic carbocycles. The van der Waals surface area contributed by atoms with Crippen LogP contribution in [0, 0.1) is 0 Å². The minimum Gasteiger partial charge on any atom is -0.450 e. The first kappa shape index (κ1) is 17.8. The normalized spacial score (nSPS) is 23.7. The second-order valence-electron chi connectivity index (χ2n) is 5.80. The summed E-state index contributed by atoms with van der Waals surface area (Å²) in [6, 6.07) is -0.376. The second-order valence-corrected chi connectivity index (χ2v) is 8.03. The summed E-state index contributed by atoms with van der Waals surface area (Å²) in [6.07, 6.45) is 0.152. The van der Waals surface area contributed by atoms with Crippen LogP contribution in [0.2, 0.25) is 0 Å². The third-order valence-electron chi connectivity index (χ3n) is 4.31. The Bertz CT molecular complexity index is 543. The van der Waals surface area contributed by atoms with Crippen LogP contribution in [0.25, 0.3) is 0 Å². The van der Waals surface area contributed by atoms with Crippen LogP contribution in [0.3, 0.4) is 0 Å². The van der Waals surface area contributed by atoms with Gasteiger partial charge in [-0.05, 0) is 20.3 Å². The number of carbonyl (C=O) groups is 2. The van der Waals surface area contributed by atoms with Gasteiger partial charge in [-0.2, -0.15) is 0 Å². The predicted octanol–water partition coefficient (Wildman–Crippen LogP) is 0.390. The Hall–Kier alpha value is -1.51. The molecule has 2 rings (SSSR count). The molecular formula is C14H25N3O5S. The monoisotopic (exact) mass is 347 g/mol. The van der Waals surface area contributed by atoms with Crippen LogP contribution in [0.1, 0.15) is 20.3 Å². The second kappa shape index (κ2) is 7.37. The molecule has 0 saturated carbocycles. The maximum absolute atomic E-state index is 12.7. The summed E-state index contributed by atoms with van der Waals surface area (Å²) in [7, 11) is -3.02. The first-order chi connectivity index (χ1) is 10.9. The Balaban J connectivity index is 1.91. The zero-order chi connectivity index (χ0) is 17.0. The van der Waals surface area contributed by atoms with Crippen LogP contribution >= 0.6 is 0 Å². The molecule has 0 spiro atoms. The van der Waals surface area contributed by atoms with Gasteiger partial charge in [0.2, 0.25) is 0 Å². The molecule has 2 fully saturated rings. The van der Waals surface area contributed by atoms with E-state index in [1.54, 1.807) is 21.6 Å². The fourth-order valence-electron chi connectivity index (χ4n) is 3.05. The molecule has 2 aliphatic heterocycles. The first-order valence-corrected chi connectivity index (χ1v) is 9.87. The predicted molar refractivity (Wildman–Crippen MR) is 85.0 cm³/mol. The summed E-state index contributed by atoms with van der Waals surface area (Å²) in [5.41, 5.74) is 0. The Kier molecular flexibility index (Phi) is 5.72. The van der Waals surface area contributed by atoms with E-state index in [-0.39, 0.29) is 29.7 Å². The molecule has 8 nitrogen and oxygen atoms in total. The van der Waals surface area contributed by atoms with Crippen molar-refractivity contribution in [2.75, 3.05) is 50.8 Å². The van der Waals surface area contributed by atoms with Crippen molar-refractivity contribution < 1.29 is 22.7 Å². The highest BCUT2D eigenvalue weighted by molar-refractivity contribution is 7.91. The molecule has 2 saturated heterocycles. The number of hydrogen-bond donors (Lipinski definition) is 0. The van der Waals surface area contributed by atoms with Crippen LogP contribution in [-0.4, -0.2) is 92.1 Å². The lowest BCUT2D eigenvalue weighted by atomic mass is 10.2. The highest BCUT2D eigenvalue weighted by Gasteiger charge is 2.36. The van der Waals surface area contributed by atoms with Crippen molar-refractivity contribution in [1.29, 1.82) is 0 Å². The Morgan fingerprint density at radius 2 is 1.74 bits per heavy atom. The van der Waals surface area contributed by atoms with Crippen LogP contribution in [0.5, 0.6) is 0 Å². The molecule has 0 aromatic heterocycles. The quantitative estimate of drug-likeness (QED) is 0.737. The van der Waals surface area contributed by atoms with Crippen molar-refractivity contribution in [3.05, 3.63) is 0 Å². The number of amides is 3. The number of nitrogens with zero attached hydrogens (tertiary/aromatic N) is 3. The summed E-state index contributed by atoms with van der Waals surface area (Å²) in [6.45, 7) is 6.18. The highest BCUT2D eigenvalue weighted by atomic mass is 32.2. The molecule has 23 heavy (non-hydrogen) atoms. The highest BCUT2D eigenvalue weighted by Crippen LogP contribution is 2.19. The minimum atomic E-state index is -3.02. The number of urea groups is 1. The molecule has 2 aliphatic rings. The van der Waals surface area contributed by atoms with E-state index in [9.17, 15) is 18.0 Å². The molecule has 132 valence electrons. The standard InChI is InChI=1S/C14H25N3O5S/c1-3-17(12-5-10-23(20,21)11-12)13(18)15-6-8-16(9-7-15)14(19)22-4-2/h12H,3-11H2,1-2H3. The van der Waals surface area contributed by atoms with Gasteiger partial charge in [0.05, 0.1) is 18.1 Å². The first-order valence-electron chi connectivity index (χ1n) is 8.05. The maximum atomic E-state index is 12.7. The SMILES string of the molecule is CCOC(=O)N1CCN(C(=O)N(CC)C2CCS(=O)(=O)C2)CC1. The van der Waals surface area contributed by atoms with Gasteiger partial charge in [-0.1, -0.05) is 0 Å². The van der Waals surface area contributed by atoms with Crippen molar-refractivity contribution in [3.8, 4) is 0 Å². The topological polar surface area (TPSA) is 87.2 Å². The molecule has 1 unspecified atom stereocenters. The van der Waals surface area contributed by atoms with Gasteiger partial charge in [-0.15, -0.1) is 0 Å². The van der Waals surface area contributed by atoms with Gasteiger partial charge in [-0.3, -0.25) is 0 Å². The molecule has 0 bridgehead atoms. The van der Waals surface area contributed by atoms with E-state index in [1.807, 2.05) is 6.92 Å². The third-order valence-corrected chi connectivity index (χ3v) is 6.06. The lowest BCUT2D eigenvalue weighted by Crippen LogP contribution is -2.56. The average molecular weight is 347 g/mol. The van der Waals surface area contributed by atoms with Gasteiger partial charge in [0.15, 0.2) is 9.84 Å². The summed E-state index contributed by atoms with van der Waals surface area (Å²) in [4.78, 5) is 29.2. The van der Waals surface area contributed by atoms with E-state index in [0.717, 1.165) is 0 Å². The van der Waals surface area contributed by atoms with Gasteiger partial charge in [0.25, 0.3) is 0 Å². The van der Waals surface area contributed by atoms with E-state index in [0.29, 0.717) is 45.8 Å². The smallest absolute Gasteiger partial charge is 0.409 e. The molecule has 0 radical (unpaired) electrons. The molecule has 2 heterocycles. The summed E-state index contributed by atoms with van der Waals surface area (Å²) in [5, 5.41) is 0. The molecule has 0 N–H and O–H groups in total. The number of ether oxygens (including phenoxy) is 1. The minimum absolute atomic E-state index is 0.0510. The molecule has 3 amide bonds. The summed E-state index contributed by atoms with van der Waals surface area (Å²) in [5.74, 6) is 0.202. The number of sulfone groups is 1. The summed E-state index contributed by atoms with van der Waals surface area (Å²) >= 11 is 0. The number of rotatable bonds is 3. The molecule has 0 aromatic rings. The maximum Gasteiger partial charge on any atom is 0.409 e. The number of hydrogen-bond acceptors (Lipinski definition) is 5. The fraction of sp³-hybridized carbons (Fsp3) is 0.857. The average Bonchev–Trinajstić information content (AvgIpc) is 2.88. The molecule has 9 heteroatoms. The zero-order valence-electron chi connectivity index (χ0n) is 13.7. The molecular weight excluding hydrogens is 322 g/mol. The van der Waals surface area contributed by atoms with Crippen LogP contribution < -0.4 is 0 Å².